The summed E-state index contributed by atoms with van der Waals surface area (Å²) >= 11 is 0. The van der Waals surface area contributed by atoms with Crippen LogP contribution in [0.3, 0.4) is 0 Å². The summed E-state index contributed by atoms with van der Waals surface area (Å²) in [6.45, 7) is 3.46. The molecular weight excluding hydrogens is 216 g/mol. The van der Waals surface area contributed by atoms with Gasteiger partial charge < -0.3 is 10.2 Å². The van der Waals surface area contributed by atoms with Crippen LogP contribution in [0, 0.1) is 0 Å². The maximum absolute atomic E-state index is 11.4. The standard InChI is InChI=1S/C13H18N2O2/c1-4-6-13(17)14-11-7-5-8-12(9-11)15(3)10(2)16/h5,7-9H,4,6H2,1-3H3,(H,14,17). The number of rotatable bonds is 4. The lowest BCUT2D eigenvalue weighted by molar-refractivity contribution is -0.117. The Balaban J connectivity index is 2.79. The highest BCUT2D eigenvalue weighted by Gasteiger charge is 2.07. The molecule has 4 nitrogen and oxygen atoms in total. The predicted octanol–water partition coefficient (Wildman–Crippen LogP) is 2.41. The molecule has 0 fully saturated rings. The average molecular weight is 234 g/mol. The molecule has 0 spiro atoms. The first kappa shape index (κ1) is 13.2. The van der Waals surface area contributed by atoms with Crippen molar-refractivity contribution in [3.63, 3.8) is 0 Å². The maximum atomic E-state index is 11.4. The van der Waals surface area contributed by atoms with Crippen molar-refractivity contribution in [3.8, 4) is 0 Å². The molecule has 0 heterocycles. The first-order valence-corrected chi connectivity index (χ1v) is 5.68. The number of hydrogen-bond donors (Lipinski definition) is 1. The third-order valence-electron chi connectivity index (χ3n) is 2.47. The van der Waals surface area contributed by atoms with Gasteiger partial charge in [0.05, 0.1) is 0 Å². The monoisotopic (exact) mass is 234 g/mol. The SMILES string of the molecule is CCCC(=O)Nc1cccc(N(C)C(C)=O)c1. The van der Waals surface area contributed by atoms with Crippen LogP contribution in [0.5, 0.6) is 0 Å². The van der Waals surface area contributed by atoms with Crippen LogP contribution in [0.1, 0.15) is 26.7 Å². The smallest absolute Gasteiger partial charge is 0.224 e. The van der Waals surface area contributed by atoms with Gasteiger partial charge in [0.25, 0.3) is 0 Å². The second-order valence-corrected chi connectivity index (χ2v) is 3.93. The Morgan fingerprint density at radius 2 is 2.06 bits per heavy atom. The molecule has 1 rings (SSSR count). The fraction of sp³-hybridized carbons (Fsp3) is 0.385. The van der Waals surface area contributed by atoms with Crippen LogP contribution in [0.25, 0.3) is 0 Å². The molecule has 92 valence electrons. The van der Waals surface area contributed by atoms with Crippen molar-refractivity contribution in [1.29, 1.82) is 0 Å². The second kappa shape index (κ2) is 6.03. The van der Waals surface area contributed by atoms with Gasteiger partial charge in [-0.3, -0.25) is 9.59 Å². The Hall–Kier alpha value is -1.84. The van der Waals surface area contributed by atoms with Crippen molar-refractivity contribution in [2.75, 3.05) is 17.3 Å². The van der Waals surface area contributed by atoms with E-state index in [2.05, 4.69) is 5.32 Å². The van der Waals surface area contributed by atoms with E-state index in [1.165, 1.54) is 11.8 Å². The van der Waals surface area contributed by atoms with Gasteiger partial charge in [0, 0.05) is 31.8 Å². The van der Waals surface area contributed by atoms with Gasteiger partial charge in [-0.1, -0.05) is 13.0 Å². The van der Waals surface area contributed by atoms with Crippen LogP contribution in [0.15, 0.2) is 24.3 Å². The summed E-state index contributed by atoms with van der Waals surface area (Å²) in [5.74, 6) is -0.0443. The zero-order valence-corrected chi connectivity index (χ0v) is 10.5. The second-order valence-electron chi connectivity index (χ2n) is 3.93. The summed E-state index contributed by atoms with van der Waals surface area (Å²) < 4.78 is 0. The summed E-state index contributed by atoms with van der Waals surface area (Å²) in [6, 6.07) is 7.24. The molecule has 0 radical (unpaired) electrons. The predicted molar refractivity (Wildman–Crippen MR) is 69.1 cm³/mol. The molecule has 0 aromatic heterocycles. The highest BCUT2D eigenvalue weighted by atomic mass is 16.2. The molecule has 1 aromatic carbocycles. The third-order valence-corrected chi connectivity index (χ3v) is 2.47. The molecule has 0 aliphatic carbocycles. The van der Waals surface area contributed by atoms with Gasteiger partial charge in [-0.25, -0.2) is 0 Å². The molecule has 0 unspecified atom stereocenters. The van der Waals surface area contributed by atoms with E-state index in [-0.39, 0.29) is 11.8 Å². The number of benzene rings is 1. The normalized spacial score (nSPS) is 9.82. The zero-order valence-electron chi connectivity index (χ0n) is 10.5. The maximum Gasteiger partial charge on any atom is 0.224 e. The van der Waals surface area contributed by atoms with Crippen molar-refractivity contribution >= 4 is 23.2 Å². The van der Waals surface area contributed by atoms with Crippen molar-refractivity contribution in [2.24, 2.45) is 0 Å². The summed E-state index contributed by atoms with van der Waals surface area (Å²) in [4.78, 5) is 24.2. The van der Waals surface area contributed by atoms with E-state index in [1.807, 2.05) is 25.1 Å². The van der Waals surface area contributed by atoms with Gasteiger partial charge in [0.2, 0.25) is 11.8 Å². The van der Waals surface area contributed by atoms with Crippen molar-refractivity contribution in [2.45, 2.75) is 26.7 Å². The van der Waals surface area contributed by atoms with E-state index < -0.39 is 0 Å². The molecule has 0 saturated carbocycles. The minimum Gasteiger partial charge on any atom is -0.326 e. The molecule has 4 heteroatoms. The number of amides is 2. The number of nitrogens with one attached hydrogen (secondary N) is 1. The molecule has 1 N–H and O–H groups in total. The van der Waals surface area contributed by atoms with E-state index in [0.717, 1.165) is 12.1 Å². The van der Waals surface area contributed by atoms with Crippen LogP contribution in [0.4, 0.5) is 11.4 Å². The Morgan fingerprint density at radius 3 is 2.65 bits per heavy atom. The molecule has 0 bridgehead atoms. The van der Waals surface area contributed by atoms with Crippen LogP contribution in [-0.2, 0) is 9.59 Å². The first-order valence-electron chi connectivity index (χ1n) is 5.68. The lowest BCUT2D eigenvalue weighted by Gasteiger charge is -2.16. The van der Waals surface area contributed by atoms with Gasteiger partial charge in [-0.2, -0.15) is 0 Å². The first-order chi connectivity index (χ1) is 8.04. The van der Waals surface area contributed by atoms with E-state index in [1.54, 1.807) is 13.1 Å². The van der Waals surface area contributed by atoms with Gasteiger partial charge in [-0.05, 0) is 24.6 Å². The quantitative estimate of drug-likeness (QED) is 0.869. The highest BCUT2D eigenvalue weighted by Crippen LogP contribution is 2.18. The number of hydrogen-bond acceptors (Lipinski definition) is 2. The lowest BCUT2D eigenvalue weighted by Crippen LogP contribution is -2.22. The Morgan fingerprint density at radius 1 is 1.35 bits per heavy atom. The number of carbonyl (C=O) groups is 2. The van der Waals surface area contributed by atoms with Gasteiger partial charge in [0.15, 0.2) is 0 Å². The van der Waals surface area contributed by atoms with Gasteiger partial charge >= 0.3 is 0 Å². The highest BCUT2D eigenvalue weighted by molar-refractivity contribution is 5.94. The van der Waals surface area contributed by atoms with Crippen LogP contribution >= 0.6 is 0 Å². The Kier molecular flexibility index (Phi) is 4.69. The van der Waals surface area contributed by atoms with E-state index in [9.17, 15) is 9.59 Å². The van der Waals surface area contributed by atoms with Crippen molar-refractivity contribution in [3.05, 3.63) is 24.3 Å². The molecular formula is C13H18N2O2. The molecule has 2 amide bonds. The molecule has 0 atom stereocenters. The Bertz CT molecular complexity index is 416. The lowest BCUT2D eigenvalue weighted by atomic mass is 10.2. The summed E-state index contributed by atoms with van der Waals surface area (Å²) in [6.07, 6.45) is 1.33. The van der Waals surface area contributed by atoms with Crippen LogP contribution in [-0.4, -0.2) is 18.9 Å². The number of anilines is 2. The molecule has 0 saturated heterocycles. The van der Waals surface area contributed by atoms with Gasteiger partial charge in [0.1, 0.15) is 0 Å². The molecule has 1 aromatic rings. The largest absolute Gasteiger partial charge is 0.326 e. The topological polar surface area (TPSA) is 49.4 Å². The zero-order chi connectivity index (χ0) is 12.8. The fourth-order valence-electron chi connectivity index (χ4n) is 1.42. The third kappa shape index (κ3) is 3.90. The molecule has 0 aliphatic rings. The van der Waals surface area contributed by atoms with Crippen LogP contribution < -0.4 is 10.2 Å². The summed E-state index contributed by atoms with van der Waals surface area (Å²) in [5, 5.41) is 2.80. The van der Waals surface area contributed by atoms with Gasteiger partial charge in [-0.15, -0.1) is 0 Å². The minimum atomic E-state index is -0.0398. The number of carbonyl (C=O) groups excluding carboxylic acids is 2. The van der Waals surface area contributed by atoms with E-state index in [4.69, 9.17) is 0 Å². The average Bonchev–Trinajstić information content (AvgIpc) is 2.28. The Labute approximate surface area is 102 Å². The van der Waals surface area contributed by atoms with Crippen LogP contribution in [0.2, 0.25) is 0 Å². The number of nitrogens with zero attached hydrogens (tertiary/aromatic N) is 1. The summed E-state index contributed by atoms with van der Waals surface area (Å²) in [5.41, 5.74) is 1.49. The molecule has 0 aliphatic heterocycles. The molecule has 17 heavy (non-hydrogen) atoms. The van der Waals surface area contributed by atoms with E-state index >= 15 is 0 Å². The van der Waals surface area contributed by atoms with Crippen molar-refractivity contribution < 1.29 is 9.59 Å². The van der Waals surface area contributed by atoms with Crippen molar-refractivity contribution in [1.82, 2.24) is 0 Å². The minimum absolute atomic E-state index is 0.00451. The summed E-state index contributed by atoms with van der Waals surface area (Å²) in [7, 11) is 1.70. The van der Waals surface area contributed by atoms with E-state index in [0.29, 0.717) is 12.1 Å². The fourth-order valence-corrected chi connectivity index (χ4v) is 1.42.